The van der Waals surface area contributed by atoms with E-state index in [0.717, 1.165) is 18.2 Å². The topological polar surface area (TPSA) is 56.0 Å². The Hall–Kier alpha value is -2.30. The Balaban J connectivity index is 2.52. The molecule has 0 unspecified atom stereocenters. The van der Waals surface area contributed by atoms with Crippen molar-refractivity contribution in [2.45, 2.75) is 0 Å². The molecule has 0 radical (unpaired) electrons. The Bertz CT molecular complexity index is 564. The summed E-state index contributed by atoms with van der Waals surface area (Å²) in [5.74, 6) is -2.02. The molecular formula is C12H8F2N2O. The predicted molar refractivity (Wildman–Crippen MR) is 58.1 cm³/mol. The van der Waals surface area contributed by atoms with Crippen LogP contribution >= 0.6 is 0 Å². The Morgan fingerprint density at radius 1 is 1.12 bits per heavy atom. The molecule has 0 fully saturated rings. The van der Waals surface area contributed by atoms with E-state index < -0.39 is 17.5 Å². The van der Waals surface area contributed by atoms with Gasteiger partial charge in [-0.1, -0.05) is 0 Å². The minimum Gasteiger partial charge on any atom is -0.366 e. The van der Waals surface area contributed by atoms with Crippen LogP contribution < -0.4 is 5.73 Å². The molecule has 0 bridgehead atoms. The van der Waals surface area contributed by atoms with Crippen LogP contribution in [0.2, 0.25) is 0 Å². The van der Waals surface area contributed by atoms with E-state index in [-0.39, 0.29) is 11.1 Å². The molecule has 17 heavy (non-hydrogen) atoms. The number of hydrogen-bond donors (Lipinski definition) is 1. The smallest absolute Gasteiger partial charge is 0.248 e. The van der Waals surface area contributed by atoms with Crippen LogP contribution in [0.5, 0.6) is 0 Å². The highest BCUT2D eigenvalue weighted by molar-refractivity contribution is 5.93. The van der Waals surface area contributed by atoms with E-state index in [1.54, 1.807) is 0 Å². The van der Waals surface area contributed by atoms with Crippen molar-refractivity contribution in [1.82, 2.24) is 4.98 Å². The number of aromatic nitrogens is 1. The van der Waals surface area contributed by atoms with Gasteiger partial charge in [0.2, 0.25) is 5.91 Å². The highest BCUT2D eigenvalue weighted by Gasteiger charge is 2.07. The molecule has 0 aliphatic rings. The van der Waals surface area contributed by atoms with E-state index in [2.05, 4.69) is 4.98 Å². The molecule has 0 aliphatic heterocycles. The van der Waals surface area contributed by atoms with Crippen LogP contribution in [-0.4, -0.2) is 10.9 Å². The first-order chi connectivity index (χ1) is 8.06. The zero-order valence-electron chi connectivity index (χ0n) is 8.65. The third-order valence-corrected chi connectivity index (χ3v) is 2.20. The minimum atomic E-state index is -0.703. The fourth-order valence-corrected chi connectivity index (χ4v) is 1.44. The first kappa shape index (κ1) is 11.2. The number of pyridine rings is 1. The average Bonchev–Trinajstić information content (AvgIpc) is 2.28. The van der Waals surface area contributed by atoms with Crippen LogP contribution in [0, 0.1) is 11.6 Å². The third-order valence-electron chi connectivity index (χ3n) is 2.20. The number of nitrogens with two attached hydrogens (primary N) is 1. The lowest BCUT2D eigenvalue weighted by Crippen LogP contribution is -2.11. The monoisotopic (exact) mass is 234 g/mol. The molecule has 0 saturated carbocycles. The number of benzene rings is 1. The molecule has 1 heterocycles. The molecule has 3 nitrogen and oxygen atoms in total. The van der Waals surface area contributed by atoms with Gasteiger partial charge in [0, 0.05) is 23.4 Å². The van der Waals surface area contributed by atoms with Crippen LogP contribution in [0.1, 0.15) is 10.4 Å². The van der Waals surface area contributed by atoms with Crippen LogP contribution in [0.3, 0.4) is 0 Å². The maximum atomic E-state index is 13.0. The summed E-state index contributed by atoms with van der Waals surface area (Å²) < 4.78 is 26.0. The molecule has 0 aliphatic carbocycles. The lowest BCUT2D eigenvalue weighted by molar-refractivity contribution is 0.1000. The van der Waals surface area contributed by atoms with Crippen LogP contribution in [0.15, 0.2) is 36.5 Å². The van der Waals surface area contributed by atoms with E-state index in [0.29, 0.717) is 5.69 Å². The van der Waals surface area contributed by atoms with Gasteiger partial charge in [0.15, 0.2) is 0 Å². The number of amides is 1. The summed E-state index contributed by atoms with van der Waals surface area (Å²) in [6.45, 7) is 0. The Morgan fingerprint density at radius 3 is 2.35 bits per heavy atom. The first-order valence-corrected chi connectivity index (χ1v) is 4.78. The zero-order chi connectivity index (χ0) is 12.4. The number of primary amides is 1. The van der Waals surface area contributed by atoms with Gasteiger partial charge in [-0.2, -0.15) is 0 Å². The molecule has 86 valence electrons. The number of hydrogen-bond acceptors (Lipinski definition) is 2. The van der Waals surface area contributed by atoms with Crippen LogP contribution in [0.4, 0.5) is 8.78 Å². The fraction of sp³-hybridized carbons (Fsp3) is 0. The Morgan fingerprint density at radius 2 is 1.76 bits per heavy atom. The fourth-order valence-electron chi connectivity index (χ4n) is 1.44. The zero-order valence-corrected chi connectivity index (χ0v) is 8.65. The largest absolute Gasteiger partial charge is 0.366 e. The van der Waals surface area contributed by atoms with E-state index in [4.69, 9.17) is 5.73 Å². The molecule has 2 N–H and O–H groups in total. The second kappa shape index (κ2) is 4.29. The van der Waals surface area contributed by atoms with Crippen molar-refractivity contribution >= 4 is 5.91 Å². The Kier molecular flexibility index (Phi) is 2.82. The van der Waals surface area contributed by atoms with Crippen LogP contribution in [-0.2, 0) is 0 Å². The highest BCUT2D eigenvalue weighted by Crippen LogP contribution is 2.20. The van der Waals surface area contributed by atoms with Gasteiger partial charge in [-0.15, -0.1) is 0 Å². The maximum Gasteiger partial charge on any atom is 0.248 e. The van der Waals surface area contributed by atoms with Crippen molar-refractivity contribution in [3.63, 3.8) is 0 Å². The van der Waals surface area contributed by atoms with Crippen molar-refractivity contribution in [1.29, 1.82) is 0 Å². The van der Waals surface area contributed by atoms with Gasteiger partial charge in [-0.3, -0.25) is 9.78 Å². The van der Waals surface area contributed by atoms with Crippen molar-refractivity contribution < 1.29 is 13.6 Å². The normalized spacial score (nSPS) is 10.2. The number of rotatable bonds is 2. The number of halogens is 2. The molecule has 0 spiro atoms. The van der Waals surface area contributed by atoms with E-state index in [1.165, 1.54) is 18.3 Å². The standard InChI is InChI=1S/C12H8F2N2O/c13-9-3-8(4-10(14)6-9)11-5-7(12(15)17)1-2-16-11/h1-6H,(H2,15,17). The van der Waals surface area contributed by atoms with Gasteiger partial charge in [0.25, 0.3) is 0 Å². The first-order valence-electron chi connectivity index (χ1n) is 4.78. The van der Waals surface area contributed by atoms with Crippen molar-refractivity contribution in [3.05, 3.63) is 53.7 Å². The third kappa shape index (κ3) is 2.44. The quantitative estimate of drug-likeness (QED) is 0.865. The second-order valence-corrected chi connectivity index (χ2v) is 3.45. The minimum absolute atomic E-state index is 0.236. The molecule has 2 aromatic rings. The SMILES string of the molecule is NC(=O)c1ccnc(-c2cc(F)cc(F)c2)c1. The molecule has 2 rings (SSSR count). The van der Waals surface area contributed by atoms with Gasteiger partial charge in [-0.25, -0.2) is 8.78 Å². The summed E-state index contributed by atoms with van der Waals surface area (Å²) >= 11 is 0. The molecule has 1 amide bonds. The summed E-state index contributed by atoms with van der Waals surface area (Å²) in [6.07, 6.45) is 1.36. The van der Waals surface area contributed by atoms with Gasteiger partial charge >= 0.3 is 0 Å². The summed E-state index contributed by atoms with van der Waals surface area (Å²) in [6, 6.07) is 5.85. The summed E-state index contributed by atoms with van der Waals surface area (Å²) in [4.78, 5) is 14.9. The average molecular weight is 234 g/mol. The van der Waals surface area contributed by atoms with Gasteiger partial charge in [0.05, 0.1) is 5.69 Å². The molecule has 0 saturated heterocycles. The highest BCUT2D eigenvalue weighted by atomic mass is 19.1. The summed E-state index contributed by atoms with van der Waals surface area (Å²) in [7, 11) is 0. The molecule has 5 heteroatoms. The van der Waals surface area contributed by atoms with Gasteiger partial charge in [0.1, 0.15) is 11.6 Å². The molecule has 1 aromatic carbocycles. The van der Waals surface area contributed by atoms with E-state index in [9.17, 15) is 13.6 Å². The predicted octanol–water partition coefficient (Wildman–Crippen LogP) is 2.13. The summed E-state index contributed by atoms with van der Waals surface area (Å²) in [5, 5.41) is 0. The van der Waals surface area contributed by atoms with Crippen molar-refractivity contribution in [2.75, 3.05) is 0 Å². The lowest BCUT2D eigenvalue weighted by Gasteiger charge is -2.03. The number of nitrogens with zero attached hydrogens (tertiary/aromatic N) is 1. The summed E-state index contributed by atoms with van der Waals surface area (Å²) in [5.41, 5.74) is 5.89. The second-order valence-electron chi connectivity index (χ2n) is 3.45. The van der Waals surface area contributed by atoms with Gasteiger partial charge in [-0.05, 0) is 24.3 Å². The lowest BCUT2D eigenvalue weighted by atomic mass is 10.1. The van der Waals surface area contributed by atoms with Gasteiger partial charge < -0.3 is 5.73 Å². The van der Waals surface area contributed by atoms with Crippen LogP contribution in [0.25, 0.3) is 11.3 Å². The van der Waals surface area contributed by atoms with E-state index >= 15 is 0 Å². The molecule has 1 aromatic heterocycles. The van der Waals surface area contributed by atoms with E-state index in [1.807, 2.05) is 0 Å². The number of carbonyl (C=O) groups is 1. The van der Waals surface area contributed by atoms with Crippen molar-refractivity contribution in [2.24, 2.45) is 5.73 Å². The maximum absolute atomic E-state index is 13.0. The molecule has 0 atom stereocenters. The number of carbonyl (C=O) groups excluding carboxylic acids is 1. The Labute approximate surface area is 95.9 Å². The molecular weight excluding hydrogens is 226 g/mol. The van der Waals surface area contributed by atoms with Crippen molar-refractivity contribution in [3.8, 4) is 11.3 Å².